The van der Waals surface area contributed by atoms with E-state index in [4.69, 9.17) is 0 Å². The van der Waals surface area contributed by atoms with Crippen LogP contribution in [-0.2, 0) is 20.0 Å². The molecule has 0 radical (unpaired) electrons. The minimum absolute atomic E-state index is 0.253. The molecule has 2 aliphatic rings. The van der Waals surface area contributed by atoms with Crippen molar-refractivity contribution in [2.75, 3.05) is 42.2 Å². The van der Waals surface area contributed by atoms with E-state index in [1.54, 1.807) is 0 Å². The maximum atomic E-state index is 15.6. The van der Waals surface area contributed by atoms with Crippen LogP contribution in [0.1, 0.15) is 38.5 Å². The Bertz CT molecular complexity index is 988. The van der Waals surface area contributed by atoms with Crippen molar-refractivity contribution in [1.29, 1.82) is 0 Å². The lowest BCUT2D eigenvalue weighted by atomic mass is 10.1. The molecule has 1 N–H and O–H groups in total. The van der Waals surface area contributed by atoms with Crippen LogP contribution in [0.2, 0.25) is 0 Å². The molecule has 0 spiro atoms. The summed E-state index contributed by atoms with van der Waals surface area (Å²) in [5.74, 6) is -4.58. The first-order valence-corrected chi connectivity index (χ1v) is 12.8. The molecular formula is C17H24F3N3O4S2. The van der Waals surface area contributed by atoms with Gasteiger partial charge in [-0.25, -0.2) is 30.0 Å². The second kappa shape index (κ2) is 8.31. The van der Waals surface area contributed by atoms with Gasteiger partial charge in [-0.1, -0.05) is 0 Å². The Morgan fingerprint density at radius 3 is 1.59 bits per heavy atom. The molecule has 0 aliphatic carbocycles. The first kappa shape index (κ1) is 22.2. The molecule has 12 heteroatoms. The monoisotopic (exact) mass is 455 g/mol. The maximum absolute atomic E-state index is 15.6. The van der Waals surface area contributed by atoms with Crippen molar-refractivity contribution < 1.29 is 30.0 Å². The quantitative estimate of drug-likeness (QED) is 0.686. The number of piperidine rings is 2. The van der Waals surface area contributed by atoms with Gasteiger partial charge in [-0.3, -0.25) is 0 Å². The van der Waals surface area contributed by atoms with Gasteiger partial charge in [0.2, 0.25) is 10.0 Å². The van der Waals surface area contributed by atoms with E-state index in [0.717, 1.165) is 12.8 Å². The molecule has 2 aliphatic heterocycles. The lowest BCUT2D eigenvalue weighted by molar-refractivity contribution is 0.456. The fourth-order valence-corrected chi connectivity index (χ4v) is 6.62. The van der Waals surface area contributed by atoms with Gasteiger partial charge >= 0.3 is 0 Å². The number of rotatable bonds is 5. The molecule has 0 aromatic heterocycles. The highest BCUT2D eigenvalue weighted by Gasteiger charge is 2.38. The minimum atomic E-state index is -5.07. The summed E-state index contributed by atoms with van der Waals surface area (Å²) in [5.41, 5.74) is -1.21. The molecule has 29 heavy (non-hydrogen) atoms. The maximum Gasteiger partial charge on any atom is 0.258 e. The Morgan fingerprint density at radius 1 is 0.690 bits per heavy atom. The molecule has 1 aromatic carbocycles. The van der Waals surface area contributed by atoms with Crippen LogP contribution < -0.4 is 13.9 Å². The standard InChI is InChI=1S/C17H24F3N3O4S2/c1-28(24,25)21-29(26,27)17-13(19)12(18)15(22-8-4-2-5-9-22)14(20)16(17)23-10-6-3-7-11-23/h21H,2-11H2,1H3. The number of benzene rings is 1. The van der Waals surface area contributed by atoms with Gasteiger partial charge in [0, 0.05) is 26.2 Å². The molecule has 0 saturated carbocycles. The lowest BCUT2D eigenvalue weighted by Gasteiger charge is -2.34. The summed E-state index contributed by atoms with van der Waals surface area (Å²) in [4.78, 5) is 1.43. The largest absolute Gasteiger partial charge is 0.368 e. The molecule has 0 unspecified atom stereocenters. The third kappa shape index (κ3) is 4.64. The van der Waals surface area contributed by atoms with E-state index in [0.29, 0.717) is 45.0 Å². The van der Waals surface area contributed by atoms with Crippen LogP contribution in [0.3, 0.4) is 0 Å². The van der Waals surface area contributed by atoms with E-state index < -0.39 is 53.8 Å². The van der Waals surface area contributed by atoms with E-state index >= 15 is 8.78 Å². The molecule has 164 valence electrons. The predicted octanol–water partition coefficient (Wildman–Crippen LogP) is 2.32. The van der Waals surface area contributed by atoms with Crippen molar-refractivity contribution in [2.45, 2.75) is 43.4 Å². The molecular weight excluding hydrogens is 431 g/mol. The van der Waals surface area contributed by atoms with Gasteiger partial charge in [-0.2, -0.15) is 0 Å². The summed E-state index contributed by atoms with van der Waals surface area (Å²) in [6.45, 7) is 1.15. The number of sulfonamides is 2. The Balaban J connectivity index is 2.26. The van der Waals surface area contributed by atoms with Crippen LogP contribution in [0.15, 0.2) is 4.90 Å². The second-order valence-electron chi connectivity index (χ2n) is 7.42. The smallest absolute Gasteiger partial charge is 0.258 e. The van der Waals surface area contributed by atoms with Crippen molar-refractivity contribution in [3.63, 3.8) is 0 Å². The van der Waals surface area contributed by atoms with Crippen LogP contribution >= 0.6 is 0 Å². The Hall–Kier alpha value is -1.53. The highest BCUT2D eigenvalue weighted by molar-refractivity contribution is 8.04. The van der Waals surface area contributed by atoms with Crippen molar-refractivity contribution >= 4 is 31.4 Å². The fraction of sp³-hybridized carbons (Fsp3) is 0.647. The Morgan fingerprint density at radius 2 is 1.14 bits per heavy atom. The number of nitrogens with zero attached hydrogens (tertiary/aromatic N) is 2. The number of anilines is 2. The molecule has 1 aromatic rings. The van der Waals surface area contributed by atoms with Crippen LogP contribution in [0, 0.1) is 17.5 Å². The summed E-state index contributed by atoms with van der Waals surface area (Å²) in [6, 6.07) is 0. The number of hydrogen-bond donors (Lipinski definition) is 1. The van der Waals surface area contributed by atoms with Crippen molar-refractivity contribution in [3.05, 3.63) is 17.5 Å². The van der Waals surface area contributed by atoms with Crippen LogP contribution in [0.4, 0.5) is 24.5 Å². The molecule has 0 amide bonds. The first-order chi connectivity index (χ1) is 13.5. The molecule has 0 atom stereocenters. The lowest BCUT2D eigenvalue weighted by Crippen LogP contribution is -2.37. The third-order valence-corrected chi connectivity index (χ3v) is 8.10. The van der Waals surface area contributed by atoms with Gasteiger partial charge < -0.3 is 9.80 Å². The fourth-order valence-electron chi connectivity index (χ4n) is 3.90. The predicted molar refractivity (Wildman–Crippen MR) is 104 cm³/mol. The van der Waals surface area contributed by atoms with Gasteiger partial charge in [0.25, 0.3) is 10.0 Å². The highest BCUT2D eigenvalue weighted by Crippen LogP contribution is 2.41. The molecule has 7 nitrogen and oxygen atoms in total. The van der Waals surface area contributed by atoms with Crippen LogP contribution in [-0.4, -0.2) is 49.3 Å². The van der Waals surface area contributed by atoms with E-state index in [2.05, 4.69) is 0 Å². The average Bonchev–Trinajstić information content (AvgIpc) is 2.64. The SMILES string of the molecule is CS(=O)(=O)NS(=O)(=O)c1c(F)c(F)c(N2CCCCC2)c(F)c1N1CCCCC1. The topological polar surface area (TPSA) is 86.8 Å². The van der Waals surface area contributed by atoms with Crippen molar-refractivity contribution in [1.82, 2.24) is 4.13 Å². The van der Waals surface area contributed by atoms with E-state index in [-0.39, 0.29) is 13.1 Å². The van der Waals surface area contributed by atoms with Crippen LogP contribution in [0.25, 0.3) is 0 Å². The molecule has 2 heterocycles. The summed E-state index contributed by atoms with van der Waals surface area (Å²) in [5, 5.41) is 0. The minimum Gasteiger partial charge on any atom is -0.368 e. The summed E-state index contributed by atoms with van der Waals surface area (Å²) >= 11 is 0. The molecule has 2 saturated heterocycles. The number of hydrogen-bond acceptors (Lipinski definition) is 6. The highest BCUT2D eigenvalue weighted by atomic mass is 32.3. The normalized spacial score (nSPS) is 18.9. The van der Waals surface area contributed by atoms with Gasteiger partial charge in [-0.05, 0) is 38.5 Å². The van der Waals surface area contributed by atoms with Gasteiger partial charge in [0.1, 0.15) is 10.6 Å². The summed E-state index contributed by atoms with van der Waals surface area (Å²) in [7, 11) is -9.40. The number of halogens is 3. The first-order valence-electron chi connectivity index (χ1n) is 9.47. The number of nitrogens with one attached hydrogen (secondary N) is 1. The Labute approximate surface area is 169 Å². The molecule has 3 rings (SSSR count). The third-order valence-electron chi connectivity index (χ3n) is 5.11. The zero-order valence-electron chi connectivity index (χ0n) is 16.0. The van der Waals surface area contributed by atoms with E-state index in [9.17, 15) is 21.2 Å². The van der Waals surface area contributed by atoms with E-state index in [1.807, 2.05) is 0 Å². The van der Waals surface area contributed by atoms with Gasteiger partial charge in [0.05, 0.1) is 11.9 Å². The van der Waals surface area contributed by atoms with Crippen molar-refractivity contribution in [2.24, 2.45) is 0 Å². The van der Waals surface area contributed by atoms with Crippen molar-refractivity contribution in [3.8, 4) is 0 Å². The van der Waals surface area contributed by atoms with Gasteiger partial charge in [0.15, 0.2) is 17.5 Å². The zero-order chi connectivity index (χ0) is 21.4. The second-order valence-corrected chi connectivity index (χ2v) is 11.0. The summed E-state index contributed by atoms with van der Waals surface area (Å²) < 4.78 is 95.1. The van der Waals surface area contributed by atoms with Crippen LogP contribution in [0.5, 0.6) is 0 Å². The van der Waals surface area contributed by atoms with E-state index in [1.165, 1.54) is 13.9 Å². The van der Waals surface area contributed by atoms with Gasteiger partial charge in [-0.15, -0.1) is 4.13 Å². The average molecular weight is 456 g/mol. The summed E-state index contributed by atoms with van der Waals surface area (Å²) in [6.07, 6.45) is 4.88. The Kier molecular flexibility index (Phi) is 6.35. The molecule has 0 bridgehead atoms. The zero-order valence-corrected chi connectivity index (χ0v) is 17.7. The molecule has 2 fully saturated rings.